The topological polar surface area (TPSA) is 63.6 Å². The third kappa shape index (κ3) is 24.3. The average molecular weight is 260 g/mol. The van der Waals surface area contributed by atoms with E-state index in [1.807, 2.05) is 0 Å². The van der Waals surface area contributed by atoms with Crippen LogP contribution in [0.15, 0.2) is 0 Å². The van der Waals surface area contributed by atoms with Crippen LogP contribution in [0.1, 0.15) is 66.2 Å². The molecule has 0 saturated carbocycles. The van der Waals surface area contributed by atoms with Gasteiger partial charge in [0.15, 0.2) is 0 Å². The monoisotopic (exact) mass is 260 g/mol. The molecular formula is C14H28O4. The largest absolute Gasteiger partial charge is 0.481 e. The Morgan fingerprint density at radius 3 is 2.17 bits per heavy atom. The minimum Gasteiger partial charge on any atom is -0.481 e. The standard InChI is InChI=1S/2C7H14O2/c1-6(2)4-3-5-7(8)9;1-3-4-5-6-9-7(2)8/h6H,3-5H2,1-2H3,(H,8,9);3-6H2,1-2H3. The molecular weight excluding hydrogens is 232 g/mol. The Bertz CT molecular complexity index is 212. The molecule has 1 N–H and O–H groups in total. The second-order valence-corrected chi connectivity index (χ2v) is 4.73. The lowest BCUT2D eigenvalue weighted by atomic mass is 10.1. The lowest BCUT2D eigenvalue weighted by molar-refractivity contribution is -0.141. The molecule has 0 aliphatic heterocycles. The lowest BCUT2D eigenvalue weighted by Gasteiger charge is -1.99. The normalized spacial score (nSPS) is 9.61. The Morgan fingerprint density at radius 1 is 1.17 bits per heavy atom. The zero-order valence-electron chi connectivity index (χ0n) is 12.2. The van der Waals surface area contributed by atoms with Gasteiger partial charge in [-0.15, -0.1) is 0 Å². The first-order chi connectivity index (χ1) is 8.40. The van der Waals surface area contributed by atoms with Crippen molar-refractivity contribution in [2.24, 2.45) is 5.92 Å². The number of hydrogen-bond donors (Lipinski definition) is 1. The zero-order chi connectivity index (χ0) is 14.4. The summed E-state index contributed by atoms with van der Waals surface area (Å²) in [6, 6.07) is 0. The van der Waals surface area contributed by atoms with E-state index in [0.717, 1.165) is 25.7 Å². The summed E-state index contributed by atoms with van der Waals surface area (Å²) in [5.41, 5.74) is 0. The van der Waals surface area contributed by atoms with Gasteiger partial charge in [-0.25, -0.2) is 0 Å². The molecule has 0 amide bonds. The molecule has 0 atom stereocenters. The van der Waals surface area contributed by atoms with Crippen molar-refractivity contribution in [1.82, 2.24) is 0 Å². The molecule has 0 radical (unpaired) electrons. The summed E-state index contributed by atoms with van der Waals surface area (Å²) < 4.78 is 4.70. The predicted octanol–water partition coefficient (Wildman–Crippen LogP) is 3.64. The molecule has 4 heteroatoms. The van der Waals surface area contributed by atoms with Gasteiger partial charge in [-0.3, -0.25) is 9.59 Å². The molecule has 4 nitrogen and oxygen atoms in total. The molecule has 0 spiro atoms. The molecule has 0 aromatic heterocycles. The molecule has 18 heavy (non-hydrogen) atoms. The van der Waals surface area contributed by atoms with Crippen LogP contribution in [0, 0.1) is 5.92 Å². The van der Waals surface area contributed by atoms with Crippen molar-refractivity contribution < 1.29 is 19.4 Å². The summed E-state index contributed by atoms with van der Waals surface area (Å²) in [5, 5.41) is 8.23. The molecule has 108 valence electrons. The Kier molecular flexibility index (Phi) is 15.0. The van der Waals surface area contributed by atoms with Crippen LogP contribution in [0.3, 0.4) is 0 Å². The number of carbonyl (C=O) groups excluding carboxylic acids is 1. The molecule has 0 fully saturated rings. The first kappa shape index (κ1) is 19.3. The number of carboxylic acid groups (broad SMARTS) is 1. The third-order valence-corrected chi connectivity index (χ3v) is 2.23. The summed E-state index contributed by atoms with van der Waals surface area (Å²) in [6.07, 6.45) is 5.46. The Morgan fingerprint density at radius 2 is 1.78 bits per heavy atom. The second-order valence-electron chi connectivity index (χ2n) is 4.73. The Balaban J connectivity index is 0. The van der Waals surface area contributed by atoms with E-state index in [2.05, 4.69) is 20.8 Å². The highest BCUT2D eigenvalue weighted by Crippen LogP contribution is 2.05. The van der Waals surface area contributed by atoms with Gasteiger partial charge in [-0.05, 0) is 18.8 Å². The SMILES string of the molecule is CC(C)CCCC(=O)O.CCCCCOC(C)=O. The van der Waals surface area contributed by atoms with Gasteiger partial charge in [0, 0.05) is 13.3 Å². The van der Waals surface area contributed by atoms with Crippen molar-refractivity contribution in [3.8, 4) is 0 Å². The summed E-state index contributed by atoms with van der Waals surface area (Å²) in [6.45, 7) is 8.34. The van der Waals surface area contributed by atoms with E-state index < -0.39 is 5.97 Å². The van der Waals surface area contributed by atoms with Crippen LogP contribution in [0.5, 0.6) is 0 Å². The van der Waals surface area contributed by atoms with Crippen LogP contribution in [-0.4, -0.2) is 23.7 Å². The van der Waals surface area contributed by atoms with Gasteiger partial charge in [0.2, 0.25) is 0 Å². The van der Waals surface area contributed by atoms with E-state index >= 15 is 0 Å². The van der Waals surface area contributed by atoms with E-state index in [4.69, 9.17) is 9.84 Å². The molecule has 0 aliphatic rings. The number of aliphatic carboxylic acids is 1. The van der Waals surface area contributed by atoms with E-state index in [9.17, 15) is 9.59 Å². The second kappa shape index (κ2) is 14.0. The van der Waals surface area contributed by atoms with Crippen LogP contribution in [-0.2, 0) is 14.3 Å². The van der Waals surface area contributed by atoms with Crippen LogP contribution >= 0.6 is 0 Å². The highest BCUT2D eigenvalue weighted by molar-refractivity contribution is 5.66. The molecule has 0 rings (SSSR count). The zero-order valence-corrected chi connectivity index (χ0v) is 12.2. The van der Waals surface area contributed by atoms with Gasteiger partial charge in [0.1, 0.15) is 0 Å². The molecule has 0 bridgehead atoms. The van der Waals surface area contributed by atoms with Gasteiger partial charge >= 0.3 is 11.9 Å². The molecule has 0 heterocycles. The highest BCUT2D eigenvalue weighted by Gasteiger charge is 1.97. The van der Waals surface area contributed by atoms with Gasteiger partial charge in [0.05, 0.1) is 6.61 Å². The van der Waals surface area contributed by atoms with Crippen molar-refractivity contribution in [3.05, 3.63) is 0 Å². The minimum atomic E-state index is -0.685. The number of hydrogen-bond acceptors (Lipinski definition) is 3. The molecule has 0 aromatic carbocycles. The van der Waals surface area contributed by atoms with Gasteiger partial charge in [0.25, 0.3) is 0 Å². The predicted molar refractivity (Wildman–Crippen MR) is 72.5 cm³/mol. The van der Waals surface area contributed by atoms with E-state index in [0.29, 0.717) is 18.9 Å². The van der Waals surface area contributed by atoms with Crippen LogP contribution in [0.2, 0.25) is 0 Å². The molecule has 0 saturated heterocycles. The summed E-state index contributed by atoms with van der Waals surface area (Å²) in [7, 11) is 0. The number of unbranched alkanes of at least 4 members (excludes halogenated alkanes) is 2. The van der Waals surface area contributed by atoms with Crippen molar-refractivity contribution in [2.45, 2.75) is 66.2 Å². The lowest BCUT2D eigenvalue weighted by Crippen LogP contribution is -1.99. The van der Waals surface area contributed by atoms with E-state index in [1.54, 1.807) is 0 Å². The highest BCUT2D eigenvalue weighted by atomic mass is 16.5. The maximum absolute atomic E-state index is 10.2. The molecule has 0 aliphatic carbocycles. The summed E-state index contributed by atoms with van der Waals surface area (Å²) in [4.78, 5) is 20.2. The fourth-order valence-electron chi connectivity index (χ4n) is 1.23. The van der Waals surface area contributed by atoms with Crippen LogP contribution < -0.4 is 0 Å². The van der Waals surface area contributed by atoms with E-state index in [1.165, 1.54) is 13.3 Å². The van der Waals surface area contributed by atoms with Crippen molar-refractivity contribution in [3.63, 3.8) is 0 Å². The van der Waals surface area contributed by atoms with Crippen molar-refractivity contribution in [1.29, 1.82) is 0 Å². The number of esters is 1. The van der Waals surface area contributed by atoms with Crippen LogP contribution in [0.25, 0.3) is 0 Å². The third-order valence-electron chi connectivity index (χ3n) is 2.23. The van der Waals surface area contributed by atoms with Gasteiger partial charge in [-0.1, -0.05) is 40.0 Å². The summed E-state index contributed by atoms with van der Waals surface area (Å²) in [5.74, 6) is -0.230. The maximum Gasteiger partial charge on any atom is 0.303 e. The number of ether oxygens (including phenoxy) is 1. The van der Waals surface area contributed by atoms with Crippen LogP contribution in [0.4, 0.5) is 0 Å². The number of carboxylic acids is 1. The van der Waals surface area contributed by atoms with Gasteiger partial charge in [-0.2, -0.15) is 0 Å². The fourth-order valence-corrected chi connectivity index (χ4v) is 1.23. The quantitative estimate of drug-likeness (QED) is 0.534. The Hall–Kier alpha value is -1.06. The Labute approximate surface area is 111 Å². The van der Waals surface area contributed by atoms with Gasteiger partial charge < -0.3 is 9.84 Å². The smallest absolute Gasteiger partial charge is 0.303 e. The average Bonchev–Trinajstić information content (AvgIpc) is 2.24. The minimum absolute atomic E-state index is 0.175. The first-order valence-corrected chi connectivity index (χ1v) is 6.75. The number of rotatable bonds is 8. The number of carbonyl (C=O) groups is 2. The van der Waals surface area contributed by atoms with Crippen molar-refractivity contribution >= 4 is 11.9 Å². The maximum atomic E-state index is 10.2. The molecule has 0 aromatic rings. The summed E-state index contributed by atoms with van der Waals surface area (Å²) >= 11 is 0. The fraction of sp³-hybridized carbons (Fsp3) is 0.857. The first-order valence-electron chi connectivity index (χ1n) is 6.75. The van der Waals surface area contributed by atoms with E-state index in [-0.39, 0.29) is 5.97 Å². The molecule has 0 unspecified atom stereocenters. The van der Waals surface area contributed by atoms with Crippen molar-refractivity contribution in [2.75, 3.05) is 6.61 Å².